The number of rotatable bonds is 1. The molecule has 0 heterocycles. The van der Waals surface area contributed by atoms with Gasteiger partial charge in [0.2, 0.25) is 0 Å². The molecule has 2 N–H and O–H groups in total. The third kappa shape index (κ3) is 3.60. The van der Waals surface area contributed by atoms with Crippen LogP contribution in [0.25, 0.3) is 0 Å². The Morgan fingerprint density at radius 3 is 2.20 bits per heavy atom. The van der Waals surface area contributed by atoms with Crippen molar-refractivity contribution in [3.63, 3.8) is 0 Å². The van der Waals surface area contributed by atoms with Crippen LogP contribution in [0.5, 0.6) is 0 Å². The first-order valence-electron chi connectivity index (χ1n) is 1.70. The maximum Gasteiger partial charge on any atom is 0.108 e. The molecule has 28 valence electrons. The second-order valence-electron chi connectivity index (χ2n) is 1.01. The molecule has 0 bridgehead atoms. The fraction of sp³-hybridized carbons (Fsp3) is 0.333. The summed E-state index contributed by atoms with van der Waals surface area (Å²) in [6, 6.07) is 0. The maximum atomic E-state index is 5.10. The highest BCUT2D eigenvalue weighted by atomic mass is 14.5. The highest BCUT2D eigenvalue weighted by Crippen LogP contribution is 1.76. The first-order chi connectivity index (χ1) is 2.27. The van der Waals surface area contributed by atoms with E-state index in [1.165, 1.54) is 0 Å². The largest absolute Gasteiger partial charge is 0.403 e. The Balaban J connectivity index is 2.85. The minimum Gasteiger partial charge on any atom is -0.403 e. The van der Waals surface area contributed by atoms with Crippen LogP contribution in [-0.4, -0.2) is 7.85 Å². The van der Waals surface area contributed by atoms with Crippen LogP contribution in [0.3, 0.4) is 0 Å². The van der Waals surface area contributed by atoms with Gasteiger partial charge in [0.1, 0.15) is 7.85 Å². The van der Waals surface area contributed by atoms with E-state index in [1.807, 2.05) is 7.85 Å². The fourth-order valence-electron chi connectivity index (χ4n) is 0. The van der Waals surface area contributed by atoms with Gasteiger partial charge in [-0.15, -0.1) is 0 Å². The van der Waals surface area contributed by atoms with Gasteiger partial charge in [0.25, 0.3) is 0 Å². The minimum absolute atomic E-state index is 0.755. The van der Waals surface area contributed by atoms with Gasteiger partial charge in [0.05, 0.1) is 0 Å². The van der Waals surface area contributed by atoms with E-state index < -0.39 is 0 Å². The van der Waals surface area contributed by atoms with Crippen LogP contribution in [-0.2, 0) is 0 Å². The van der Waals surface area contributed by atoms with Crippen molar-refractivity contribution >= 4 is 7.85 Å². The molecule has 0 aromatic carbocycles. The van der Waals surface area contributed by atoms with E-state index in [-0.39, 0.29) is 0 Å². The molecule has 0 aromatic rings. The van der Waals surface area contributed by atoms with Gasteiger partial charge in [-0.1, -0.05) is 6.58 Å². The zero-order valence-corrected chi connectivity index (χ0v) is 3.49. The number of allylic oxidation sites excluding steroid dienone is 1. The Morgan fingerprint density at radius 2 is 2.20 bits per heavy atom. The molecule has 0 rings (SSSR count). The molecule has 0 aromatic heterocycles. The van der Waals surface area contributed by atoms with Crippen molar-refractivity contribution in [1.29, 1.82) is 0 Å². The van der Waals surface area contributed by atoms with E-state index in [1.54, 1.807) is 0 Å². The molecule has 0 atom stereocenters. The van der Waals surface area contributed by atoms with Crippen molar-refractivity contribution in [2.45, 2.75) is 6.32 Å². The topological polar surface area (TPSA) is 26.0 Å². The van der Waals surface area contributed by atoms with E-state index in [4.69, 9.17) is 5.73 Å². The SMILES string of the molecule is BCC(=C)N. The van der Waals surface area contributed by atoms with Crippen LogP contribution in [0.2, 0.25) is 6.32 Å². The van der Waals surface area contributed by atoms with Crippen molar-refractivity contribution in [2.75, 3.05) is 0 Å². The molecule has 0 fully saturated rings. The molecule has 0 aliphatic carbocycles. The molecule has 0 spiro atoms. The van der Waals surface area contributed by atoms with Crippen molar-refractivity contribution in [1.82, 2.24) is 0 Å². The summed E-state index contributed by atoms with van der Waals surface area (Å²) in [5.41, 5.74) is 5.85. The average molecular weight is 68.9 g/mol. The van der Waals surface area contributed by atoms with Gasteiger partial charge in [-0.3, -0.25) is 0 Å². The van der Waals surface area contributed by atoms with Gasteiger partial charge in [-0.05, 0) is 12.0 Å². The molecule has 0 aliphatic rings. The summed E-state index contributed by atoms with van der Waals surface area (Å²) in [6.45, 7) is 3.45. The fourth-order valence-corrected chi connectivity index (χ4v) is 0. The van der Waals surface area contributed by atoms with E-state index in [0.717, 1.165) is 12.0 Å². The Labute approximate surface area is 33.3 Å². The molecule has 2 heteroatoms. The van der Waals surface area contributed by atoms with E-state index in [9.17, 15) is 0 Å². The number of hydrogen-bond acceptors (Lipinski definition) is 1. The molecular weight excluding hydrogens is 60.9 g/mol. The zero-order valence-electron chi connectivity index (χ0n) is 3.49. The van der Waals surface area contributed by atoms with Crippen molar-refractivity contribution in [3.05, 3.63) is 12.3 Å². The van der Waals surface area contributed by atoms with Crippen LogP contribution < -0.4 is 5.73 Å². The van der Waals surface area contributed by atoms with Gasteiger partial charge in [-0.2, -0.15) is 0 Å². The predicted octanol–water partition coefficient (Wildman–Crippen LogP) is -0.490. The average Bonchev–Trinajstić information content (AvgIpc) is 1.38. The summed E-state index contributed by atoms with van der Waals surface area (Å²) >= 11 is 0. The lowest BCUT2D eigenvalue weighted by Gasteiger charge is -1.81. The quantitative estimate of drug-likeness (QED) is 0.413. The second kappa shape index (κ2) is 1.88. The standard InChI is InChI=1S/C3H8BN/c1-3(5)2-4/h1-2,4-5H2. The highest BCUT2D eigenvalue weighted by Gasteiger charge is 1.68. The molecule has 0 radical (unpaired) electrons. The molecule has 5 heavy (non-hydrogen) atoms. The van der Waals surface area contributed by atoms with Crippen molar-refractivity contribution in [2.24, 2.45) is 5.73 Å². The number of hydrogen-bond donors (Lipinski definition) is 1. The minimum atomic E-state index is 0.755. The molecule has 0 unspecified atom stereocenters. The highest BCUT2D eigenvalue weighted by molar-refractivity contribution is 6.10. The molecular formula is C3H8BN. The van der Waals surface area contributed by atoms with Crippen LogP contribution in [0.1, 0.15) is 0 Å². The normalized spacial score (nSPS) is 7.20. The summed E-state index contributed by atoms with van der Waals surface area (Å²) in [4.78, 5) is 0. The Morgan fingerprint density at radius 1 is 2.00 bits per heavy atom. The maximum absolute atomic E-state index is 5.10. The van der Waals surface area contributed by atoms with Crippen LogP contribution in [0.15, 0.2) is 12.3 Å². The molecule has 0 saturated heterocycles. The van der Waals surface area contributed by atoms with Crippen LogP contribution in [0.4, 0.5) is 0 Å². The molecule has 0 aliphatic heterocycles. The van der Waals surface area contributed by atoms with E-state index in [2.05, 4.69) is 6.58 Å². The van der Waals surface area contributed by atoms with Gasteiger partial charge in [0.15, 0.2) is 0 Å². The second-order valence-corrected chi connectivity index (χ2v) is 1.01. The summed E-state index contributed by atoms with van der Waals surface area (Å²) in [6.07, 6.45) is 0.889. The number of nitrogens with two attached hydrogens (primary N) is 1. The lowest BCUT2D eigenvalue weighted by Crippen LogP contribution is -1.90. The monoisotopic (exact) mass is 69.1 g/mol. The van der Waals surface area contributed by atoms with Gasteiger partial charge in [-0.25, -0.2) is 0 Å². The lowest BCUT2D eigenvalue weighted by atomic mass is 10.0. The lowest BCUT2D eigenvalue weighted by molar-refractivity contribution is 1.33. The summed E-state index contributed by atoms with van der Waals surface area (Å²) in [7, 11) is 1.97. The van der Waals surface area contributed by atoms with E-state index in [0.29, 0.717) is 0 Å². The Bertz CT molecular complexity index is 42.2. The summed E-state index contributed by atoms with van der Waals surface area (Å²) < 4.78 is 0. The van der Waals surface area contributed by atoms with Gasteiger partial charge >= 0.3 is 0 Å². The van der Waals surface area contributed by atoms with Gasteiger partial charge < -0.3 is 5.73 Å². The predicted molar refractivity (Wildman–Crippen MR) is 26.7 cm³/mol. The van der Waals surface area contributed by atoms with E-state index >= 15 is 0 Å². The molecule has 1 nitrogen and oxygen atoms in total. The van der Waals surface area contributed by atoms with Crippen LogP contribution >= 0.6 is 0 Å². The Hall–Kier alpha value is -0.395. The zero-order chi connectivity index (χ0) is 4.28. The summed E-state index contributed by atoms with van der Waals surface area (Å²) in [5.74, 6) is 0. The van der Waals surface area contributed by atoms with Crippen molar-refractivity contribution < 1.29 is 0 Å². The summed E-state index contributed by atoms with van der Waals surface area (Å²) in [5, 5.41) is 0. The smallest absolute Gasteiger partial charge is 0.108 e. The third-order valence-electron chi connectivity index (χ3n) is 0.454. The first-order valence-corrected chi connectivity index (χ1v) is 1.70. The van der Waals surface area contributed by atoms with Crippen LogP contribution in [0, 0.1) is 0 Å². The third-order valence-corrected chi connectivity index (χ3v) is 0.454. The molecule has 0 amide bonds. The first kappa shape index (κ1) is 4.60. The van der Waals surface area contributed by atoms with Crippen molar-refractivity contribution in [3.8, 4) is 0 Å². The Kier molecular flexibility index (Phi) is 1.73. The molecule has 0 saturated carbocycles. The van der Waals surface area contributed by atoms with Gasteiger partial charge in [0, 0.05) is 0 Å².